The van der Waals surface area contributed by atoms with Gasteiger partial charge in [-0.15, -0.1) is 5.39 Å². The van der Waals surface area contributed by atoms with Gasteiger partial charge < -0.3 is 9.55 Å². The third-order valence-electron chi connectivity index (χ3n) is 1.99. The Morgan fingerprint density at radius 3 is 2.71 bits per heavy atom. The first-order valence-electron chi connectivity index (χ1n) is 4.28. The van der Waals surface area contributed by atoms with E-state index in [0.717, 1.165) is 11.0 Å². The van der Waals surface area contributed by atoms with Crippen LogP contribution in [0.1, 0.15) is 20.8 Å². The first-order valence-corrected chi connectivity index (χ1v) is 4.28. The van der Waals surface area contributed by atoms with Crippen LogP contribution >= 0.6 is 0 Å². The molecule has 0 aliphatic carbocycles. The van der Waals surface area contributed by atoms with Crippen molar-refractivity contribution >= 4 is 11.0 Å². The van der Waals surface area contributed by atoms with E-state index >= 15 is 0 Å². The number of nitrogens with zero attached hydrogens (tertiary/aromatic N) is 3. The second-order valence-electron chi connectivity index (χ2n) is 4.07. The zero-order chi connectivity index (χ0) is 9.47. The summed E-state index contributed by atoms with van der Waals surface area (Å²) in [6, 6.07) is 3.13. The molecule has 14 heavy (non-hydrogen) atoms. The molecule has 71 valence electrons. The van der Waals surface area contributed by atoms with E-state index in [9.17, 15) is 0 Å². The third kappa shape index (κ3) is 2.04. The predicted octanol–water partition coefficient (Wildman–Crippen LogP) is 1.98. The zero-order valence-electron chi connectivity index (χ0n) is 8.65. The molecule has 0 aliphatic heterocycles. The summed E-state index contributed by atoms with van der Waals surface area (Å²) in [4.78, 5) is 8.18. The topological polar surface area (TPSA) is 30.7 Å². The fraction of sp³-hybridized carbons (Fsp3) is 0.400. The van der Waals surface area contributed by atoms with Crippen LogP contribution in [0.4, 0.5) is 0 Å². The molecule has 4 heteroatoms. The molecule has 0 aliphatic rings. The summed E-state index contributed by atoms with van der Waals surface area (Å²) in [5.41, 5.74) is 0.995. The van der Waals surface area contributed by atoms with Gasteiger partial charge in [0.1, 0.15) is 0 Å². The van der Waals surface area contributed by atoms with Crippen LogP contribution in [-0.4, -0.2) is 14.5 Å². The Hall–Kier alpha value is -0.276. The largest absolute Gasteiger partial charge is 0.392 e. The monoisotopic (exact) mass is 263 g/mol. The maximum atomic E-state index is 4.23. The van der Waals surface area contributed by atoms with Crippen molar-refractivity contribution in [2.75, 3.05) is 0 Å². The minimum atomic E-state index is 0. The normalized spacial score (nSPS) is 11.4. The molecule has 0 amide bonds. The van der Waals surface area contributed by atoms with Crippen LogP contribution in [0.5, 0.6) is 0 Å². The fourth-order valence-electron chi connectivity index (χ4n) is 1.32. The van der Waals surface area contributed by atoms with E-state index in [1.165, 1.54) is 0 Å². The fourth-order valence-corrected chi connectivity index (χ4v) is 1.32. The molecule has 0 unspecified atom stereocenters. The van der Waals surface area contributed by atoms with Gasteiger partial charge in [0.15, 0.2) is 0 Å². The molecule has 0 atom stereocenters. The van der Waals surface area contributed by atoms with E-state index in [2.05, 4.69) is 41.4 Å². The van der Waals surface area contributed by atoms with Gasteiger partial charge in [-0.05, 0) is 20.8 Å². The summed E-state index contributed by atoms with van der Waals surface area (Å²) < 4.78 is 2.10. The Labute approximate surface area is 109 Å². The summed E-state index contributed by atoms with van der Waals surface area (Å²) >= 11 is 0. The molecule has 0 fully saturated rings. The summed E-state index contributed by atoms with van der Waals surface area (Å²) in [6.45, 7) is 6.42. The Morgan fingerprint density at radius 2 is 2.07 bits per heavy atom. The minimum absolute atomic E-state index is 0. The van der Waals surface area contributed by atoms with Crippen molar-refractivity contribution in [3.63, 3.8) is 0 Å². The molecule has 0 N–H and O–H groups in total. The number of hydrogen-bond donors (Lipinski definition) is 0. The van der Waals surface area contributed by atoms with Crippen molar-refractivity contribution in [1.29, 1.82) is 0 Å². The molecule has 3 nitrogen and oxygen atoms in total. The maximum absolute atomic E-state index is 4.23. The molecule has 0 saturated carbocycles. The quantitative estimate of drug-likeness (QED) is 0.680. The van der Waals surface area contributed by atoms with Gasteiger partial charge in [0.05, 0.1) is 6.33 Å². The van der Waals surface area contributed by atoms with Gasteiger partial charge in [0, 0.05) is 43.9 Å². The van der Waals surface area contributed by atoms with E-state index in [-0.39, 0.29) is 38.2 Å². The molecular formula is C10H12N3Y-. The number of aromatic nitrogens is 3. The first-order chi connectivity index (χ1) is 6.09. The number of hydrogen-bond acceptors (Lipinski definition) is 2. The number of rotatable bonds is 0. The predicted molar refractivity (Wildman–Crippen MR) is 51.4 cm³/mol. The smallest absolute Gasteiger partial charge is 0.0898 e. The van der Waals surface area contributed by atoms with E-state index in [4.69, 9.17) is 0 Å². The summed E-state index contributed by atoms with van der Waals surface area (Å²) in [5.74, 6) is 0. The zero-order valence-corrected chi connectivity index (χ0v) is 11.5. The van der Waals surface area contributed by atoms with Crippen LogP contribution < -0.4 is 0 Å². The molecule has 1 radical (unpaired) electrons. The van der Waals surface area contributed by atoms with Crippen molar-refractivity contribution < 1.29 is 32.7 Å². The molecular weight excluding hydrogens is 251 g/mol. The van der Waals surface area contributed by atoms with E-state index < -0.39 is 0 Å². The molecule has 2 heterocycles. The van der Waals surface area contributed by atoms with Gasteiger partial charge in [0.2, 0.25) is 0 Å². The summed E-state index contributed by atoms with van der Waals surface area (Å²) in [7, 11) is 0. The molecule has 2 aromatic rings. The molecule has 0 spiro atoms. The van der Waals surface area contributed by atoms with E-state index in [1.54, 1.807) is 12.5 Å². The Kier molecular flexibility index (Phi) is 3.43. The van der Waals surface area contributed by atoms with Gasteiger partial charge in [-0.25, -0.2) is 0 Å². The molecule has 2 rings (SSSR count). The van der Waals surface area contributed by atoms with E-state index in [1.807, 2.05) is 6.20 Å². The summed E-state index contributed by atoms with van der Waals surface area (Å²) in [6.07, 6.45) is 5.28. The average Bonchev–Trinajstić information content (AvgIpc) is 2.45. The van der Waals surface area contributed by atoms with Gasteiger partial charge in [0.25, 0.3) is 0 Å². The Balaban J connectivity index is 0.000000980. The van der Waals surface area contributed by atoms with Crippen molar-refractivity contribution in [2.45, 2.75) is 26.3 Å². The second-order valence-corrected chi connectivity index (χ2v) is 4.07. The molecule has 2 aromatic heterocycles. The van der Waals surface area contributed by atoms with Crippen molar-refractivity contribution in [3.8, 4) is 0 Å². The van der Waals surface area contributed by atoms with Gasteiger partial charge in [-0.2, -0.15) is 6.07 Å². The first kappa shape index (κ1) is 11.8. The standard InChI is InChI=1S/C10H12N3.Y/c1-10(2,3)13-5-4-8-6-11-7-12-9(8)13;/h5-7H,1-3H3;/q-1;. The average molecular weight is 263 g/mol. The Morgan fingerprint density at radius 1 is 1.36 bits per heavy atom. The molecule has 0 aromatic carbocycles. The van der Waals surface area contributed by atoms with Crippen molar-refractivity contribution in [1.82, 2.24) is 14.5 Å². The van der Waals surface area contributed by atoms with Gasteiger partial charge in [-0.3, -0.25) is 4.98 Å². The molecule has 0 bridgehead atoms. The van der Waals surface area contributed by atoms with Crippen LogP contribution in [-0.2, 0) is 38.2 Å². The van der Waals surface area contributed by atoms with Crippen molar-refractivity contribution in [2.24, 2.45) is 0 Å². The van der Waals surface area contributed by atoms with E-state index in [0.29, 0.717) is 0 Å². The van der Waals surface area contributed by atoms with Crippen LogP contribution in [0.3, 0.4) is 0 Å². The van der Waals surface area contributed by atoms with Crippen LogP contribution in [0.15, 0.2) is 18.7 Å². The SMILES string of the molecule is CC(C)(C)n1c[c-]c2cncnc21.[Y]. The maximum Gasteiger partial charge on any atom is 0.0898 e. The van der Waals surface area contributed by atoms with Gasteiger partial charge in [-0.1, -0.05) is 12.4 Å². The van der Waals surface area contributed by atoms with Crippen LogP contribution in [0, 0.1) is 6.07 Å². The van der Waals surface area contributed by atoms with Crippen molar-refractivity contribution in [3.05, 3.63) is 24.8 Å². The minimum Gasteiger partial charge on any atom is -0.392 e. The number of fused-ring (bicyclic) bond motifs is 1. The molecule has 0 saturated heterocycles. The Bertz CT molecular complexity index is 428. The van der Waals surface area contributed by atoms with Crippen LogP contribution in [0.2, 0.25) is 0 Å². The third-order valence-corrected chi connectivity index (χ3v) is 1.99. The van der Waals surface area contributed by atoms with Crippen LogP contribution in [0.25, 0.3) is 11.0 Å². The second kappa shape index (κ2) is 4.07. The summed E-state index contributed by atoms with van der Waals surface area (Å²) in [5, 5.41) is 0.970. The van der Waals surface area contributed by atoms with Gasteiger partial charge >= 0.3 is 0 Å².